The average Bonchev–Trinajstić information content (AvgIpc) is 3.47. The third-order valence-corrected chi connectivity index (χ3v) is 4.61. The van der Waals surface area contributed by atoms with Crippen LogP contribution < -0.4 is 14.2 Å². The highest BCUT2D eigenvalue weighted by Crippen LogP contribution is 2.40. The zero-order valence-corrected chi connectivity index (χ0v) is 15.7. The number of rotatable bonds is 8. The van der Waals surface area contributed by atoms with Crippen molar-refractivity contribution in [3.8, 4) is 29.0 Å². The zero-order valence-electron chi connectivity index (χ0n) is 15.7. The summed E-state index contributed by atoms with van der Waals surface area (Å²) in [4.78, 5) is 4.49. The molecule has 2 aromatic carbocycles. The van der Waals surface area contributed by atoms with E-state index in [1.54, 1.807) is 25.3 Å². The fourth-order valence-electron chi connectivity index (χ4n) is 3.07. The molecule has 0 unspecified atom stereocenters. The lowest BCUT2D eigenvalue weighted by atomic mass is 10.2. The highest BCUT2D eigenvalue weighted by atomic mass is 16.5. The molecule has 1 saturated carbocycles. The van der Waals surface area contributed by atoms with E-state index in [4.69, 9.17) is 19.5 Å². The van der Waals surface area contributed by atoms with Gasteiger partial charge >= 0.3 is 0 Å². The number of methoxy groups -OCH3 is 1. The number of aromatic nitrogens is 2. The first-order valence-corrected chi connectivity index (χ1v) is 9.26. The molecule has 0 amide bonds. The van der Waals surface area contributed by atoms with Gasteiger partial charge in [-0.05, 0) is 37.1 Å². The minimum absolute atomic E-state index is 0.366. The van der Waals surface area contributed by atoms with Crippen LogP contribution in [0.1, 0.15) is 30.1 Å². The summed E-state index contributed by atoms with van der Waals surface area (Å²) in [5, 5.41) is 8.96. The molecule has 142 valence electrons. The van der Waals surface area contributed by atoms with Gasteiger partial charge in [-0.15, -0.1) is 0 Å². The van der Waals surface area contributed by atoms with Gasteiger partial charge in [0.15, 0.2) is 11.5 Å². The summed E-state index contributed by atoms with van der Waals surface area (Å²) < 4.78 is 19.0. The summed E-state index contributed by atoms with van der Waals surface area (Å²) in [5.41, 5.74) is 1.58. The van der Waals surface area contributed by atoms with Gasteiger partial charge in [0.2, 0.25) is 0 Å². The summed E-state index contributed by atoms with van der Waals surface area (Å²) >= 11 is 0. The van der Waals surface area contributed by atoms with Crippen LogP contribution in [-0.2, 0) is 0 Å². The van der Waals surface area contributed by atoms with Crippen molar-refractivity contribution in [1.82, 2.24) is 9.55 Å². The lowest BCUT2D eigenvalue weighted by molar-refractivity contribution is 0.211. The molecule has 28 heavy (non-hydrogen) atoms. The lowest BCUT2D eigenvalue weighted by Gasteiger charge is -2.13. The Morgan fingerprint density at radius 3 is 2.75 bits per heavy atom. The van der Waals surface area contributed by atoms with Crippen molar-refractivity contribution in [3.63, 3.8) is 0 Å². The second kappa shape index (κ2) is 8.05. The molecule has 0 spiro atoms. The van der Waals surface area contributed by atoms with E-state index in [0.717, 1.165) is 17.3 Å². The first kappa shape index (κ1) is 17.9. The first-order chi connectivity index (χ1) is 13.8. The van der Waals surface area contributed by atoms with Crippen molar-refractivity contribution in [2.75, 3.05) is 20.3 Å². The molecular formula is C22H21N3O3. The third kappa shape index (κ3) is 3.94. The molecule has 1 heterocycles. The van der Waals surface area contributed by atoms with Gasteiger partial charge in [-0.2, -0.15) is 5.26 Å². The molecule has 6 nitrogen and oxygen atoms in total. The fourth-order valence-corrected chi connectivity index (χ4v) is 3.07. The molecule has 1 aliphatic carbocycles. The van der Waals surface area contributed by atoms with Crippen LogP contribution in [0.15, 0.2) is 54.9 Å². The molecule has 4 rings (SSSR count). The lowest BCUT2D eigenvalue weighted by Crippen LogP contribution is -2.10. The monoisotopic (exact) mass is 375 g/mol. The van der Waals surface area contributed by atoms with E-state index in [0.29, 0.717) is 36.2 Å². The van der Waals surface area contributed by atoms with E-state index >= 15 is 0 Å². The van der Waals surface area contributed by atoms with Crippen LogP contribution in [0.3, 0.4) is 0 Å². The van der Waals surface area contributed by atoms with Gasteiger partial charge in [-0.3, -0.25) is 0 Å². The Bertz CT molecular complexity index is 1000. The van der Waals surface area contributed by atoms with Crippen LogP contribution in [0.2, 0.25) is 0 Å². The molecule has 0 N–H and O–H groups in total. The maximum Gasteiger partial charge on any atom is 0.162 e. The maximum absolute atomic E-state index is 8.96. The first-order valence-electron chi connectivity index (χ1n) is 9.26. The molecule has 1 aliphatic rings. The second-order valence-electron chi connectivity index (χ2n) is 6.60. The van der Waals surface area contributed by atoms with E-state index in [-0.39, 0.29) is 0 Å². The molecule has 0 aliphatic heterocycles. The molecule has 0 saturated heterocycles. The second-order valence-corrected chi connectivity index (χ2v) is 6.60. The molecular weight excluding hydrogens is 354 g/mol. The normalized spacial score (nSPS) is 13.0. The van der Waals surface area contributed by atoms with Crippen molar-refractivity contribution in [1.29, 1.82) is 5.26 Å². The predicted molar refractivity (Wildman–Crippen MR) is 104 cm³/mol. The SMILES string of the molecule is COc1cc(C#N)ccc1OCCOc1cccc(-n2ccnc2C2CC2)c1. The molecule has 0 atom stereocenters. The van der Waals surface area contributed by atoms with E-state index < -0.39 is 0 Å². The van der Waals surface area contributed by atoms with Crippen molar-refractivity contribution in [3.05, 3.63) is 66.2 Å². The van der Waals surface area contributed by atoms with E-state index in [1.807, 2.05) is 30.6 Å². The van der Waals surface area contributed by atoms with Crippen LogP contribution >= 0.6 is 0 Å². The fraction of sp³-hybridized carbons (Fsp3) is 0.273. The Hall–Kier alpha value is -3.46. The summed E-state index contributed by atoms with van der Waals surface area (Å²) in [6.45, 7) is 0.761. The highest BCUT2D eigenvalue weighted by molar-refractivity contribution is 5.46. The number of hydrogen-bond acceptors (Lipinski definition) is 5. The predicted octanol–water partition coefficient (Wildman–Crippen LogP) is 4.09. The van der Waals surface area contributed by atoms with Crippen LogP contribution in [0.4, 0.5) is 0 Å². The van der Waals surface area contributed by atoms with Crippen molar-refractivity contribution in [2.24, 2.45) is 0 Å². The molecule has 0 bridgehead atoms. The topological polar surface area (TPSA) is 69.3 Å². The Morgan fingerprint density at radius 1 is 1.11 bits per heavy atom. The van der Waals surface area contributed by atoms with Gasteiger partial charge < -0.3 is 18.8 Å². The van der Waals surface area contributed by atoms with Gasteiger partial charge in [0.05, 0.1) is 24.4 Å². The number of hydrogen-bond donors (Lipinski definition) is 0. The Balaban J connectivity index is 1.36. The minimum Gasteiger partial charge on any atom is -0.493 e. The summed E-state index contributed by atoms with van der Waals surface area (Å²) in [7, 11) is 1.55. The molecule has 6 heteroatoms. The van der Waals surface area contributed by atoms with Crippen LogP contribution in [0.5, 0.6) is 17.2 Å². The third-order valence-electron chi connectivity index (χ3n) is 4.61. The quantitative estimate of drug-likeness (QED) is 0.555. The van der Waals surface area contributed by atoms with Gasteiger partial charge in [0, 0.05) is 30.4 Å². The summed E-state index contributed by atoms with van der Waals surface area (Å²) in [6.07, 6.45) is 6.26. The van der Waals surface area contributed by atoms with E-state index in [2.05, 4.69) is 21.7 Å². The van der Waals surface area contributed by atoms with E-state index in [1.165, 1.54) is 12.8 Å². The Kier molecular flexibility index (Phi) is 5.16. The minimum atomic E-state index is 0.366. The maximum atomic E-state index is 8.96. The molecule has 1 fully saturated rings. The standard InChI is InChI=1S/C22H21N3O3/c1-26-21-13-16(15-23)5-8-20(21)28-12-11-27-19-4-2-3-18(14-19)25-10-9-24-22(25)17-6-7-17/h2-5,8-10,13-14,17H,6-7,11-12H2,1H3. The molecule has 3 aromatic rings. The van der Waals surface area contributed by atoms with Crippen molar-refractivity contribution >= 4 is 0 Å². The largest absolute Gasteiger partial charge is 0.493 e. The van der Waals surface area contributed by atoms with Gasteiger partial charge in [0.25, 0.3) is 0 Å². The number of ether oxygens (including phenoxy) is 3. The Labute approximate surface area is 163 Å². The van der Waals surface area contributed by atoms with Crippen LogP contribution in [-0.4, -0.2) is 29.9 Å². The number of imidazole rings is 1. The van der Waals surface area contributed by atoms with E-state index in [9.17, 15) is 0 Å². The van der Waals surface area contributed by atoms with Crippen LogP contribution in [0.25, 0.3) is 5.69 Å². The van der Waals surface area contributed by atoms with Crippen molar-refractivity contribution < 1.29 is 14.2 Å². The number of nitrogens with zero attached hydrogens (tertiary/aromatic N) is 3. The zero-order chi connectivity index (χ0) is 19.3. The summed E-state index contributed by atoms with van der Waals surface area (Å²) in [5.74, 6) is 3.60. The number of nitriles is 1. The Morgan fingerprint density at radius 2 is 1.96 bits per heavy atom. The summed E-state index contributed by atoms with van der Waals surface area (Å²) in [6, 6.07) is 15.1. The molecule has 1 aromatic heterocycles. The van der Waals surface area contributed by atoms with Gasteiger partial charge in [0.1, 0.15) is 24.8 Å². The molecule has 0 radical (unpaired) electrons. The van der Waals surface area contributed by atoms with Gasteiger partial charge in [-0.25, -0.2) is 4.98 Å². The smallest absolute Gasteiger partial charge is 0.162 e. The van der Waals surface area contributed by atoms with Crippen LogP contribution in [0, 0.1) is 11.3 Å². The number of benzene rings is 2. The average molecular weight is 375 g/mol. The highest BCUT2D eigenvalue weighted by Gasteiger charge is 2.28. The van der Waals surface area contributed by atoms with Gasteiger partial charge in [-0.1, -0.05) is 6.07 Å². The van der Waals surface area contributed by atoms with Crippen molar-refractivity contribution in [2.45, 2.75) is 18.8 Å².